The summed E-state index contributed by atoms with van der Waals surface area (Å²) in [5, 5.41) is 4.04. The Bertz CT molecular complexity index is 585. The topological polar surface area (TPSA) is 67.7 Å². The van der Waals surface area contributed by atoms with E-state index in [0.717, 1.165) is 19.4 Å². The van der Waals surface area contributed by atoms with Gasteiger partial charge in [0.15, 0.2) is 5.60 Å². The number of amides is 2. The lowest BCUT2D eigenvalue weighted by molar-refractivity contribution is -0.166. The number of nitrogens with zero attached hydrogens (tertiary/aromatic N) is 4. The van der Waals surface area contributed by atoms with E-state index in [-0.39, 0.29) is 11.8 Å². The molecular weight excluding hydrogens is 284 g/mol. The standard InChI is InChI=1S/C15H22N4O3/c1-17-8-4-3-6-15(14(17)21)11-19(9-10-22-15)13(20)12-5-7-16-18(12)2/h5,7H,3-4,6,8-11H2,1-2H3. The smallest absolute Gasteiger partial charge is 0.272 e. The minimum Gasteiger partial charge on any atom is -0.361 e. The Morgan fingerprint density at radius 2 is 2.14 bits per heavy atom. The highest BCUT2D eigenvalue weighted by Crippen LogP contribution is 2.29. The second-order valence-electron chi connectivity index (χ2n) is 6.09. The zero-order valence-electron chi connectivity index (χ0n) is 13.1. The van der Waals surface area contributed by atoms with Gasteiger partial charge in [-0.2, -0.15) is 5.10 Å². The van der Waals surface area contributed by atoms with Crippen molar-refractivity contribution >= 4 is 11.8 Å². The molecule has 3 heterocycles. The van der Waals surface area contributed by atoms with Crippen molar-refractivity contribution in [1.82, 2.24) is 19.6 Å². The third kappa shape index (κ3) is 2.49. The van der Waals surface area contributed by atoms with Crippen molar-refractivity contribution in [1.29, 1.82) is 0 Å². The van der Waals surface area contributed by atoms with Gasteiger partial charge in [-0.05, 0) is 25.3 Å². The van der Waals surface area contributed by atoms with Gasteiger partial charge >= 0.3 is 0 Å². The van der Waals surface area contributed by atoms with Crippen LogP contribution in [0.25, 0.3) is 0 Å². The molecule has 2 amide bonds. The molecule has 0 aromatic carbocycles. The van der Waals surface area contributed by atoms with Gasteiger partial charge in [0.25, 0.3) is 11.8 Å². The number of rotatable bonds is 1. The first-order valence-corrected chi connectivity index (χ1v) is 7.70. The molecule has 2 aliphatic rings. The van der Waals surface area contributed by atoms with Gasteiger partial charge in [-0.3, -0.25) is 14.3 Å². The number of carbonyl (C=O) groups is 2. The molecule has 120 valence electrons. The monoisotopic (exact) mass is 306 g/mol. The van der Waals surface area contributed by atoms with E-state index in [1.54, 1.807) is 40.8 Å². The van der Waals surface area contributed by atoms with Crippen molar-refractivity contribution in [3.05, 3.63) is 18.0 Å². The Balaban J connectivity index is 1.83. The molecule has 1 spiro atoms. The molecule has 7 nitrogen and oxygen atoms in total. The maximum atomic E-state index is 12.7. The molecule has 0 N–H and O–H groups in total. The Kier molecular flexibility index (Phi) is 3.90. The van der Waals surface area contributed by atoms with Crippen LogP contribution in [0, 0.1) is 0 Å². The number of hydrogen-bond donors (Lipinski definition) is 0. The third-order valence-corrected chi connectivity index (χ3v) is 4.57. The van der Waals surface area contributed by atoms with E-state index < -0.39 is 5.60 Å². The molecule has 0 bridgehead atoms. The minimum atomic E-state index is -0.877. The number of likely N-dealkylation sites (N-methyl/N-ethyl adjacent to an activating group) is 1. The highest BCUT2D eigenvalue weighted by molar-refractivity contribution is 5.94. The molecule has 1 atom stereocenters. The fraction of sp³-hybridized carbons (Fsp3) is 0.667. The van der Waals surface area contributed by atoms with Gasteiger partial charge in [0.05, 0.1) is 13.2 Å². The zero-order chi connectivity index (χ0) is 15.7. The lowest BCUT2D eigenvalue weighted by Crippen LogP contribution is -2.60. The Hall–Kier alpha value is -1.89. The van der Waals surface area contributed by atoms with Gasteiger partial charge in [-0.1, -0.05) is 0 Å². The number of ether oxygens (including phenoxy) is 1. The zero-order valence-corrected chi connectivity index (χ0v) is 13.1. The average Bonchev–Trinajstić information content (AvgIpc) is 2.91. The fourth-order valence-corrected chi connectivity index (χ4v) is 3.30. The van der Waals surface area contributed by atoms with Crippen LogP contribution in [0.2, 0.25) is 0 Å². The van der Waals surface area contributed by atoms with Gasteiger partial charge in [0.1, 0.15) is 5.69 Å². The van der Waals surface area contributed by atoms with E-state index in [2.05, 4.69) is 5.10 Å². The molecule has 0 radical (unpaired) electrons. The van der Waals surface area contributed by atoms with Gasteiger partial charge in [0.2, 0.25) is 0 Å². The number of carbonyl (C=O) groups excluding carboxylic acids is 2. The SMILES string of the molecule is CN1CCCCC2(CN(C(=O)c3ccnn3C)CCO2)C1=O. The summed E-state index contributed by atoms with van der Waals surface area (Å²) in [6.45, 7) is 1.96. The molecule has 7 heteroatoms. The van der Waals surface area contributed by atoms with Crippen LogP contribution in [-0.2, 0) is 16.6 Å². The largest absolute Gasteiger partial charge is 0.361 e. The van der Waals surface area contributed by atoms with Gasteiger partial charge in [-0.15, -0.1) is 0 Å². The first-order chi connectivity index (χ1) is 10.5. The summed E-state index contributed by atoms with van der Waals surface area (Å²) < 4.78 is 7.45. The van der Waals surface area contributed by atoms with Crippen LogP contribution in [0.1, 0.15) is 29.8 Å². The van der Waals surface area contributed by atoms with E-state index in [9.17, 15) is 9.59 Å². The molecule has 2 fully saturated rings. The normalized spacial score (nSPS) is 26.4. The number of aromatic nitrogens is 2. The Morgan fingerprint density at radius 1 is 1.32 bits per heavy atom. The van der Waals surface area contributed by atoms with E-state index in [1.165, 1.54) is 0 Å². The molecule has 1 aromatic rings. The van der Waals surface area contributed by atoms with E-state index in [4.69, 9.17) is 4.74 Å². The maximum Gasteiger partial charge on any atom is 0.272 e. The third-order valence-electron chi connectivity index (χ3n) is 4.57. The Morgan fingerprint density at radius 3 is 2.86 bits per heavy atom. The van der Waals surface area contributed by atoms with Crippen molar-refractivity contribution in [3.8, 4) is 0 Å². The summed E-state index contributed by atoms with van der Waals surface area (Å²) >= 11 is 0. The number of aryl methyl sites for hydroxylation is 1. The molecule has 1 aromatic heterocycles. The molecule has 0 aliphatic carbocycles. The van der Waals surface area contributed by atoms with E-state index in [1.807, 2.05) is 0 Å². The van der Waals surface area contributed by atoms with Crippen LogP contribution in [0.4, 0.5) is 0 Å². The predicted octanol–water partition coefficient (Wildman–Crippen LogP) is 0.274. The van der Waals surface area contributed by atoms with Crippen LogP contribution in [-0.4, -0.2) is 70.3 Å². The first kappa shape index (κ1) is 15.0. The maximum absolute atomic E-state index is 12.7. The quantitative estimate of drug-likeness (QED) is 0.747. The number of morpholine rings is 1. The number of likely N-dealkylation sites (tertiary alicyclic amines) is 1. The Labute approximate surface area is 129 Å². The van der Waals surface area contributed by atoms with Crippen LogP contribution in [0.5, 0.6) is 0 Å². The van der Waals surface area contributed by atoms with Crippen LogP contribution >= 0.6 is 0 Å². The second-order valence-corrected chi connectivity index (χ2v) is 6.09. The number of hydrogen-bond acceptors (Lipinski definition) is 4. The molecule has 1 unspecified atom stereocenters. The van der Waals surface area contributed by atoms with Crippen LogP contribution < -0.4 is 0 Å². The van der Waals surface area contributed by atoms with Crippen LogP contribution in [0.15, 0.2) is 12.3 Å². The van der Waals surface area contributed by atoms with Crippen molar-refractivity contribution in [3.63, 3.8) is 0 Å². The lowest BCUT2D eigenvalue weighted by Gasteiger charge is -2.42. The van der Waals surface area contributed by atoms with Gasteiger partial charge in [-0.25, -0.2) is 0 Å². The van der Waals surface area contributed by atoms with Crippen molar-refractivity contribution in [2.75, 3.05) is 33.3 Å². The molecule has 0 saturated carbocycles. The summed E-state index contributed by atoms with van der Waals surface area (Å²) in [5.74, 6) is -0.102. The van der Waals surface area contributed by atoms with Crippen LogP contribution in [0.3, 0.4) is 0 Å². The average molecular weight is 306 g/mol. The second kappa shape index (κ2) is 5.72. The van der Waals surface area contributed by atoms with E-state index >= 15 is 0 Å². The highest BCUT2D eigenvalue weighted by Gasteiger charge is 2.47. The van der Waals surface area contributed by atoms with Crippen molar-refractivity contribution in [2.45, 2.75) is 24.9 Å². The predicted molar refractivity (Wildman–Crippen MR) is 79.3 cm³/mol. The summed E-state index contributed by atoms with van der Waals surface area (Å²) in [6, 6.07) is 1.70. The van der Waals surface area contributed by atoms with E-state index in [0.29, 0.717) is 31.8 Å². The summed E-state index contributed by atoms with van der Waals surface area (Å²) in [6.07, 6.45) is 4.19. The van der Waals surface area contributed by atoms with Gasteiger partial charge in [0, 0.05) is 33.4 Å². The molecule has 2 saturated heterocycles. The first-order valence-electron chi connectivity index (χ1n) is 7.70. The van der Waals surface area contributed by atoms with Crippen molar-refractivity contribution < 1.29 is 14.3 Å². The van der Waals surface area contributed by atoms with Crippen molar-refractivity contribution in [2.24, 2.45) is 7.05 Å². The molecule has 22 heavy (non-hydrogen) atoms. The highest BCUT2D eigenvalue weighted by atomic mass is 16.5. The summed E-state index contributed by atoms with van der Waals surface area (Å²) in [4.78, 5) is 28.8. The van der Waals surface area contributed by atoms with Gasteiger partial charge < -0.3 is 14.5 Å². The molecule has 2 aliphatic heterocycles. The molecular formula is C15H22N4O3. The molecule has 3 rings (SSSR count). The summed E-state index contributed by atoms with van der Waals surface area (Å²) in [5.41, 5.74) is -0.343. The lowest BCUT2D eigenvalue weighted by atomic mass is 9.94. The minimum absolute atomic E-state index is 0.00694. The fourth-order valence-electron chi connectivity index (χ4n) is 3.30. The summed E-state index contributed by atoms with van der Waals surface area (Å²) in [7, 11) is 3.55.